The minimum absolute atomic E-state index is 1.04. The molecule has 0 amide bonds. The number of unbranched alkanes of at least 4 members (excludes halogenated alkanes) is 1. The standard InChI is InChI=1S/C10H15BrN2S/c1-2-3-7-12-14-13-10-6-4-5-9(11)8-10/h4-6,8,12-13H,2-3,7H2,1H3. The van der Waals surface area contributed by atoms with Crippen LogP contribution < -0.4 is 9.44 Å². The minimum atomic E-state index is 1.04. The zero-order chi connectivity index (χ0) is 10.2. The number of nitrogens with one attached hydrogen (secondary N) is 2. The molecule has 0 atom stereocenters. The Morgan fingerprint density at radius 2 is 2.29 bits per heavy atom. The summed E-state index contributed by atoms with van der Waals surface area (Å²) in [4.78, 5) is 0. The first-order valence-electron chi connectivity index (χ1n) is 4.73. The summed E-state index contributed by atoms with van der Waals surface area (Å²) < 4.78 is 7.56. The number of benzene rings is 1. The van der Waals surface area contributed by atoms with Crippen molar-refractivity contribution in [3.63, 3.8) is 0 Å². The van der Waals surface area contributed by atoms with Gasteiger partial charge in [0, 0.05) is 28.8 Å². The third kappa shape index (κ3) is 4.88. The number of hydrogen-bond donors (Lipinski definition) is 2. The number of hydrogen-bond acceptors (Lipinski definition) is 3. The Kier molecular flexibility index (Phi) is 6.07. The lowest BCUT2D eigenvalue weighted by Gasteiger charge is -2.05. The molecule has 0 spiro atoms. The van der Waals surface area contributed by atoms with Crippen molar-refractivity contribution in [2.75, 3.05) is 11.3 Å². The highest BCUT2D eigenvalue weighted by molar-refractivity contribution is 9.10. The summed E-state index contributed by atoms with van der Waals surface area (Å²) in [6.07, 6.45) is 2.44. The van der Waals surface area contributed by atoms with Gasteiger partial charge in [-0.1, -0.05) is 35.3 Å². The van der Waals surface area contributed by atoms with Crippen LogP contribution >= 0.6 is 28.1 Å². The molecule has 0 unspecified atom stereocenters. The van der Waals surface area contributed by atoms with Gasteiger partial charge in [-0.2, -0.15) is 0 Å². The fourth-order valence-corrected chi connectivity index (χ4v) is 1.91. The summed E-state index contributed by atoms with van der Waals surface area (Å²) >= 11 is 4.96. The van der Waals surface area contributed by atoms with Crippen LogP contribution in [-0.2, 0) is 0 Å². The summed E-state index contributed by atoms with van der Waals surface area (Å²) in [7, 11) is 0. The molecule has 0 bridgehead atoms. The summed E-state index contributed by atoms with van der Waals surface area (Å²) in [5.74, 6) is 0. The first-order valence-corrected chi connectivity index (χ1v) is 6.34. The second-order valence-electron chi connectivity index (χ2n) is 2.96. The molecule has 0 saturated heterocycles. The number of anilines is 1. The van der Waals surface area contributed by atoms with E-state index in [9.17, 15) is 0 Å². The average Bonchev–Trinajstić information content (AvgIpc) is 2.18. The van der Waals surface area contributed by atoms with Gasteiger partial charge in [-0.25, -0.2) is 4.72 Å². The van der Waals surface area contributed by atoms with Crippen LogP contribution in [0.25, 0.3) is 0 Å². The molecule has 1 rings (SSSR count). The Bertz CT molecular complexity index is 268. The summed E-state index contributed by atoms with van der Waals surface area (Å²) in [5.41, 5.74) is 1.10. The van der Waals surface area contributed by atoms with Crippen LogP contribution in [0.5, 0.6) is 0 Å². The van der Waals surface area contributed by atoms with Crippen LogP contribution in [0, 0.1) is 0 Å². The maximum atomic E-state index is 3.43. The largest absolute Gasteiger partial charge is 0.317 e. The molecule has 0 aliphatic heterocycles. The zero-order valence-corrected chi connectivity index (χ0v) is 10.6. The van der Waals surface area contributed by atoms with Crippen molar-refractivity contribution < 1.29 is 0 Å². The van der Waals surface area contributed by atoms with Crippen LogP contribution in [0.4, 0.5) is 5.69 Å². The second kappa shape index (κ2) is 7.15. The van der Waals surface area contributed by atoms with E-state index in [-0.39, 0.29) is 0 Å². The quantitative estimate of drug-likeness (QED) is 0.609. The Morgan fingerprint density at radius 1 is 1.43 bits per heavy atom. The highest BCUT2D eigenvalue weighted by atomic mass is 79.9. The van der Waals surface area contributed by atoms with Gasteiger partial charge in [0.05, 0.1) is 0 Å². The second-order valence-corrected chi connectivity index (χ2v) is 4.57. The Morgan fingerprint density at radius 3 is 3.00 bits per heavy atom. The molecule has 2 nitrogen and oxygen atoms in total. The number of rotatable bonds is 6. The first kappa shape index (κ1) is 11.9. The molecule has 0 aliphatic carbocycles. The van der Waals surface area contributed by atoms with E-state index in [0.717, 1.165) is 16.7 Å². The monoisotopic (exact) mass is 274 g/mol. The lowest BCUT2D eigenvalue weighted by molar-refractivity contribution is 0.777. The highest BCUT2D eigenvalue weighted by Gasteiger charge is 1.92. The molecule has 4 heteroatoms. The van der Waals surface area contributed by atoms with Gasteiger partial charge < -0.3 is 4.72 Å². The Hall–Kier alpha value is -0.190. The Labute approximate surface area is 98.3 Å². The summed E-state index contributed by atoms with van der Waals surface area (Å²) in [5, 5.41) is 0. The molecule has 0 fully saturated rings. The van der Waals surface area contributed by atoms with Crippen molar-refractivity contribution in [2.45, 2.75) is 19.8 Å². The van der Waals surface area contributed by atoms with E-state index in [4.69, 9.17) is 0 Å². The summed E-state index contributed by atoms with van der Waals surface area (Å²) in [6, 6.07) is 8.12. The first-order chi connectivity index (χ1) is 6.83. The average molecular weight is 275 g/mol. The van der Waals surface area contributed by atoms with Crippen molar-refractivity contribution in [3.8, 4) is 0 Å². The lowest BCUT2D eigenvalue weighted by Crippen LogP contribution is -2.08. The molecule has 2 N–H and O–H groups in total. The van der Waals surface area contributed by atoms with Crippen LogP contribution in [0.2, 0.25) is 0 Å². The van der Waals surface area contributed by atoms with E-state index in [1.165, 1.54) is 25.0 Å². The SMILES string of the molecule is CCCCNSNc1cccc(Br)c1. The predicted octanol–water partition coefficient (Wildman–Crippen LogP) is 3.81. The lowest BCUT2D eigenvalue weighted by atomic mass is 10.3. The van der Waals surface area contributed by atoms with Crippen LogP contribution in [0.15, 0.2) is 28.7 Å². The molecule has 0 aliphatic rings. The van der Waals surface area contributed by atoms with Crippen molar-refractivity contribution in [1.82, 2.24) is 4.72 Å². The van der Waals surface area contributed by atoms with Crippen molar-refractivity contribution in [2.24, 2.45) is 0 Å². The number of halogens is 1. The van der Waals surface area contributed by atoms with E-state index < -0.39 is 0 Å². The molecule has 14 heavy (non-hydrogen) atoms. The van der Waals surface area contributed by atoms with E-state index in [1.807, 2.05) is 18.2 Å². The fraction of sp³-hybridized carbons (Fsp3) is 0.400. The topological polar surface area (TPSA) is 24.1 Å². The van der Waals surface area contributed by atoms with E-state index in [2.05, 4.69) is 38.4 Å². The van der Waals surface area contributed by atoms with Crippen molar-refractivity contribution in [3.05, 3.63) is 28.7 Å². The van der Waals surface area contributed by atoms with E-state index in [0.29, 0.717) is 0 Å². The van der Waals surface area contributed by atoms with Crippen LogP contribution in [0.1, 0.15) is 19.8 Å². The van der Waals surface area contributed by atoms with Crippen LogP contribution in [0.3, 0.4) is 0 Å². The molecular formula is C10H15BrN2S. The molecule has 1 aromatic rings. The van der Waals surface area contributed by atoms with Gasteiger partial charge in [0.25, 0.3) is 0 Å². The van der Waals surface area contributed by atoms with Gasteiger partial charge >= 0.3 is 0 Å². The molecule has 0 radical (unpaired) electrons. The van der Waals surface area contributed by atoms with Crippen molar-refractivity contribution >= 4 is 33.8 Å². The maximum absolute atomic E-state index is 3.43. The molecule has 0 aromatic heterocycles. The third-order valence-electron chi connectivity index (χ3n) is 1.70. The Balaban J connectivity index is 2.18. The predicted molar refractivity (Wildman–Crippen MR) is 68.3 cm³/mol. The molecular weight excluding hydrogens is 260 g/mol. The molecule has 78 valence electrons. The van der Waals surface area contributed by atoms with Gasteiger partial charge in [0.15, 0.2) is 0 Å². The fourth-order valence-electron chi connectivity index (χ4n) is 0.947. The van der Waals surface area contributed by atoms with Gasteiger partial charge in [-0.05, 0) is 24.6 Å². The van der Waals surface area contributed by atoms with Gasteiger partial charge in [-0.3, -0.25) is 0 Å². The molecule has 1 aromatic carbocycles. The van der Waals surface area contributed by atoms with E-state index in [1.54, 1.807) is 0 Å². The van der Waals surface area contributed by atoms with Gasteiger partial charge in [0.2, 0.25) is 0 Å². The van der Waals surface area contributed by atoms with Gasteiger partial charge in [-0.15, -0.1) is 0 Å². The minimum Gasteiger partial charge on any atom is -0.317 e. The van der Waals surface area contributed by atoms with E-state index >= 15 is 0 Å². The van der Waals surface area contributed by atoms with Crippen molar-refractivity contribution in [1.29, 1.82) is 0 Å². The van der Waals surface area contributed by atoms with Gasteiger partial charge in [0.1, 0.15) is 0 Å². The zero-order valence-electron chi connectivity index (χ0n) is 8.22. The normalized spacial score (nSPS) is 10.1. The molecule has 0 heterocycles. The summed E-state index contributed by atoms with van der Waals surface area (Å²) in [6.45, 7) is 3.23. The third-order valence-corrected chi connectivity index (χ3v) is 2.88. The maximum Gasteiger partial charge on any atom is 0.0463 e. The molecule has 0 saturated carbocycles. The highest BCUT2D eigenvalue weighted by Crippen LogP contribution is 2.17. The smallest absolute Gasteiger partial charge is 0.0463 e. The van der Waals surface area contributed by atoms with Crippen LogP contribution in [-0.4, -0.2) is 6.54 Å².